The maximum atomic E-state index is 3.45. The average Bonchev–Trinajstić information content (AvgIpc) is 2.30. The zero-order valence-corrected chi connectivity index (χ0v) is 10.6. The predicted octanol–water partition coefficient (Wildman–Crippen LogP) is 3.09. The first-order chi connectivity index (χ1) is 7.36. The first kappa shape index (κ1) is 12.6. The van der Waals surface area contributed by atoms with Gasteiger partial charge in [0.05, 0.1) is 0 Å². The zero-order chi connectivity index (χ0) is 10.9. The van der Waals surface area contributed by atoms with E-state index >= 15 is 0 Å². The van der Waals surface area contributed by atoms with Crippen LogP contribution in [0.5, 0.6) is 0 Å². The summed E-state index contributed by atoms with van der Waals surface area (Å²) in [5.41, 5.74) is 2.80. The van der Waals surface area contributed by atoms with E-state index in [0.717, 1.165) is 19.5 Å². The molecule has 0 amide bonds. The third kappa shape index (κ3) is 5.24. The van der Waals surface area contributed by atoms with Crippen molar-refractivity contribution in [1.29, 1.82) is 0 Å². The van der Waals surface area contributed by atoms with E-state index in [-0.39, 0.29) is 0 Å². The van der Waals surface area contributed by atoms with Crippen LogP contribution in [0.1, 0.15) is 25.0 Å². The largest absolute Gasteiger partial charge is 0.312 e. The zero-order valence-electron chi connectivity index (χ0n) is 9.75. The number of aryl methyl sites for hydroxylation is 1. The van der Waals surface area contributed by atoms with E-state index in [2.05, 4.69) is 43.4 Å². The van der Waals surface area contributed by atoms with Crippen LogP contribution in [-0.4, -0.2) is 18.1 Å². The first-order valence-electron chi connectivity index (χ1n) is 5.73. The Balaban J connectivity index is 2.20. The molecule has 0 atom stereocenters. The molecule has 1 N–H and O–H groups in total. The van der Waals surface area contributed by atoms with Gasteiger partial charge in [-0.15, -0.1) is 0 Å². The lowest BCUT2D eigenvalue weighted by Gasteiger charge is -2.05. The van der Waals surface area contributed by atoms with Crippen LogP contribution >= 0.6 is 11.8 Å². The van der Waals surface area contributed by atoms with Crippen molar-refractivity contribution < 1.29 is 0 Å². The van der Waals surface area contributed by atoms with Crippen LogP contribution in [0, 0.1) is 0 Å². The van der Waals surface area contributed by atoms with Gasteiger partial charge >= 0.3 is 0 Å². The molecular formula is C13H21NS. The highest BCUT2D eigenvalue weighted by molar-refractivity contribution is 7.99. The molecule has 0 aliphatic heterocycles. The second-order valence-electron chi connectivity index (χ2n) is 3.54. The highest BCUT2D eigenvalue weighted by atomic mass is 32.2. The van der Waals surface area contributed by atoms with Gasteiger partial charge in [0.1, 0.15) is 0 Å². The van der Waals surface area contributed by atoms with Crippen molar-refractivity contribution in [2.75, 3.05) is 18.1 Å². The Labute approximate surface area is 97.7 Å². The number of thioether (sulfide) groups is 1. The fourth-order valence-electron chi connectivity index (χ4n) is 1.41. The van der Waals surface area contributed by atoms with Crippen molar-refractivity contribution in [2.45, 2.75) is 26.8 Å². The van der Waals surface area contributed by atoms with E-state index in [0.29, 0.717) is 0 Å². The molecule has 0 radical (unpaired) electrons. The maximum absolute atomic E-state index is 3.45. The Morgan fingerprint density at radius 2 is 1.73 bits per heavy atom. The Bertz CT molecular complexity index is 256. The summed E-state index contributed by atoms with van der Waals surface area (Å²) in [6.45, 7) is 6.49. The smallest absolute Gasteiger partial charge is 0.0205 e. The van der Waals surface area contributed by atoms with Gasteiger partial charge in [0.25, 0.3) is 0 Å². The van der Waals surface area contributed by atoms with Crippen LogP contribution in [0.25, 0.3) is 0 Å². The molecule has 0 unspecified atom stereocenters. The second kappa shape index (κ2) is 7.77. The summed E-state index contributed by atoms with van der Waals surface area (Å²) in [5, 5.41) is 3.45. The highest BCUT2D eigenvalue weighted by Gasteiger charge is 1.93. The Kier molecular flexibility index (Phi) is 6.53. The van der Waals surface area contributed by atoms with Crippen molar-refractivity contribution in [3.8, 4) is 0 Å². The number of benzene rings is 1. The van der Waals surface area contributed by atoms with Crippen LogP contribution in [0.4, 0.5) is 0 Å². The summed E-state index contributed by atoms with van der Waals surface area (Å²) in [6, 6.07) is 8.88. The van der Waals surface area contributed by atoms with Crippen LogP contribution in [0.15, 0.2) is 24.3 Å². The second-order valence-corrected chi connectivity index (χ2v) is 4.94. The summed E-state index contributed by atoms with van der Waals surface area (Å²) in [5.74, 6) is 2.43. The third-order valence-corrected chi connectivity index (χ3v) is 3.29. The van der Waals surface area contributed by atoms with Crippen molar-refractivity contribution in [2.24, 2.45) is 0 Å². The highest BCUT2D eigenvalue weighted by Crippen LogP contribution is 2.04. The topological polar surface area (TPSA) is 12.0 Å². The minimum atomic E-state index is 0.994. The first-order valence-corrected chi connectivity index (χ1v) is 6.88. The van der Waals surface area contributed by atoms with E-state index in [1.807, 2.05) is 11.8 Å². The summed E-state index contributed by atoms with van der Waals surface area (Å²) in [7, 11) is 0. The maximum Gasteiger partial charge on any atom is 0.0205 e. The molecule has 1 rings (SSSR count). The van der Waals surface area contributed by atoms with Crippen molar-refractivity contribution in [3.63, 3.8) is 0 Å². The molecule has 0 spiro atoms. The van der Waals surface area contributed by atoms with E-state index in [9.17, 15) is 0 Å². The molecule has 0 fully saturated rings. The minimum Gasteiger partial charge on any atom is -0.312 e. The lowest BCUT2D eigenvalue weighted by molar-refractivity contribution is 0.732. The minimum absolute atomic E-state index is 0.994. The van der Waals surface area contributed by atoms with Crippen molar-refractivity contribution in [3.05, 3.63) is 35.4 Å². The Morgan fingerprint density at radius 1 is 1.07 bits per heavy atom. The number of hydrogen-bond acceptors (Lipinski definition) is 2. The lowest BCUT2D eigenvalue weighted by Crippen LogP contribution is -2.16. The van der Waals surface area contributed by atoms with E-state index in [1.54, 1.807) is 0 Å². The van der Waals surface area contributed by atoms with Gasteiger partial charge in [0.2, 0.25) is 0 Å². The van der Waals surface area contributed by atoms with Gasteiger partial charge in [-0.2, -0.15) is 11.8 Å². The Morgan fingerprint density at radius 3 is 2.33 bits per heavy atom. The van der Waals surface area contributed by atoms with Gasteiger partial charge in [-0.1, -0.05) is 38.1 Å². The molecular weight excluding hydrogens is 202 g/mol. The van der Waals surface area contributed by atoms with Crippen LogP contribution in [0.3, 0.4) is 0 Å². The van der Waals surface area contributed by atoms with Gasteiger partial charge in [0.15, 0.2) is 0 Å². The standard InChI is InChI=1S/C13H21NS/c1-3-12-5-7-13(8-6-12)11-14-9-10-15-4-2/h5-8,14H,3-4,9-11H2,1-2H3. The molecule has 0 saturated heterocycles. The summed E-state index contributed by atoms with van der Waals surface area (Å²) < 4.78 is 0. The predicted molar refractivity (Wildman–Crippen MR) is 70.5 cm³/mol. The number of rotatable bonds is 7. The van der Waals surface area contributed by atoms with E-state index < -0.39 is 0 Å². The molecule has 0 heterocycles. The van der Waals surface area contributed by atoms with Gasteiger partial charge in [-0.25, -0.2) is 0 Å². The quantitative estimate of drug-likeness (QED) is 0.713. The molecule has 0 saturated carbocycles. The number of nitrogens with one attached hydrogen (secondary N) is 1. The summed E-state index contributed by atoms with van der Waals surface area (Å²) >= 11 is 1.99. The van der Waals surface area contributed by atoms with E-state index in [1.165, 1.54) is 22.6 Å². The SMILES string of the molecule is CCSCCNCc1ccc(CC)cc1. The fourth-order valence-corrected chi connectivity index (χ4v) is 1.99. The molecule has 0 aliphatic carbocycles. The van der Waals surface area contributed by atoms with Gasteiger partial charge in [0, 0.05) is 18.8 Å². The van der Waals surface area contributed by atoms with Gasteiger partial charge in [-0.3, -0.25) is 0 Å². The molecule has 1 aromatic carbocycles. The van der Waals surface area contributed by atoms with Gasteiger partial charge < -0.3 is 5.32 Å². The lowest BCUT2D eigenvalue weighted by atomic mass is 10.1. The average molecular weight is 223 g/mol. The van der Waals surface area contributed by atoms with E-state index in [4.69, 9.17) is 0 Å². The molecule has 1 aromatic rings. The number of hydrogen-bond donors (Lipinski definition) is 1. The Hall–Kier alpha value is -0.470. The molecule has 0 aromatic heterocycles. The van der Waals surface area contributed by atoms with Gasteiger partial charge in [-0.05, 0) is 23.3 Å². The summed E-state index contributed by atoms with van der Waals surface area (Å²) in [4.78, 5) is 0. The van der Waals surface area contributed by atoms with Crippen molar-refractivity contribution in [1.82, 2.24) is 5.32 Å². The third-order valence-electron chi connectivity index (χ3n) is 2.39. The van der Waals surface area contributed by atoms with Crippen LogP contribution < -0.4 is 5.32 Å². The monoisotopic (exact) mass is 223 g/mol. The fraction of sp³-hybridized carbons (Fsp3) is 0.538. The molecule has 0 aliphatic rings. The molecule has 1 nitrogen and oxygen atoms in total. The summed E-state index contributed by atoms with van der Waals surface area (Å²) in [6.07, 6.45) is 1.13. The molecule has 2 heteroatoms. The molecule has 0 bridgehead atoms. The van der Waals surface area contributed by atoms with Crippen LogP contribution in [-0.2, 0) is 13.0 Å². The molecule has 15 heavy (non-hydrogen) atoms. The van der Waals surface area contributed by atoms with Crippen molar-refractivity contribution >= 4 is 11.8 Å². The molecule has 84 valence electrons. The normalized spacial score (nSPS) is 10.5. The van der Waals surface area contributed by atoms with Crippen LogP contribution in [0.2, 0.25) is 0 Å².